The molecule has 7 nitrogen and oxygen atoms in total. The van der Waals surface area contributed by atoms with Crippen molar-refractivity contribution < 1.29 is 9.53 Å². The first-order valence-corrected chi connectivity index (χ1v) is 13.9. The lowest BCUT2D eigenvalue weighted by molar-refractivity contribution is 0.0101. The predicted molar refractivity (Wildman–Crippen MR) is 167 cm³/mol. The van der Waals surface area contributed by atoms with Crippen LogP contribution in [0.2, 0.25) is 0 Å². The molecule has 0 saturated carbocycles. The largest absolute Gasteiger partial charge is 0.444 e. The summed E-state index contributed by atoms with van der Waals surface area (Å²) in [5.74, 6) is 0. The number of carbonyl (C=O) groups is 1. The average molecular weight is 552 g/mol. The molecule has 2 heterocycles. The van der Waals surface area contributed by atoms with E-state index in [9.17, 15) is 10.1 Å². The van der Waals surface area contributed by atoms with Gasteiger partial charge in [0.05, 0.1) is 23.0 Å². The minimum atomic E-state index is -0.546. The Morgan fingerprint density at radius 1 is 1.24 bits per heavy atom. The molecule has 0 spiro atoms. The van der Waals surface area contributed by atoms with Gasteiger partial charge in [-0.1, -0.05) is 37.4 Å². The molecule has 1 aromatic carbocycles. The van der Waals surface area contributed by atoms with Gasteiger partial charge in [-0.05, 0) is 76.9 Å². The Kier molecular flexibility index (Phi) is 10.4. The first kappa shape index (κ1) is 31.1. The molecular weight excluding hydrogens is 510 g/mol. The van der Waals surface area contributed by atoms with Gasteiger partial charge < -0.3 is 14.5 Å². The molecule has 1 aromatic heterocycles. The van der Waals surface area contributed by atoms with Crippen molar-refractivity contribution in [3.8, 4) is 6.07 Å². The van der Waals surface area contributed by atoms with Crippen molar-refractivity contribution in [3.63, 3.8) is 0 Å². The van der Waals surface area contributed by atoms with E-state index in [4.69, 9.17) is 9.73 Å². The lowest BCUT2D eigenvalue weighted by Crippen LogP contribution is -2.54. The minimum absolute atomic E-state index is 0.0357. The molecule has 0 radical (unpaired) electrons. The second-order valence-electron chi connectivity index (χ2n) is 11.1. The second kappa shape index (κ2) is 13.8. The van der Waals surface area contributed by atoms with E-state index in [1.54, 1.807) is 23.4 Å². The van der Waals surface area contributed by atoms with Gasteiger partial charge in [-0.2, -0.15) is 5.26 Å². The third kappa shape index (κ3) is 8.04. The summed E-state index contributed by atoms with van der Waals surface area (Å²) in [5.41, 5.74) is 6.31. The highest BCUT2D eigenvalue weighted by molar-refractivity contribution is 6.16. The predicted octanol–water partition coefficient (Wildman–Crippen LogP) is 7.26. The zero-order valence-electron chi connectivity index (χ0n) is 25.1. The number of benzene rings is 1. The van der Waals surface area contributed by atoms with Gasteiger partial charge in [-0.3, -0.25) is 9.98 Å². The smallest absolute Gasteiger partial charge is 0.410 e. The molecule has 1 atom stereocenters. The van der Waals surface area contributed by atoms with Crippen LogP contribution in [0.3, 0.4) is 0 Å². The van der Waals surface area contributed by atoms with E-state index in [0.717, 1.165) is 39.4 Å². The van der Waals surface area contributed by atoms with Crippen molar-refractivity contribution in [1.82, 2.24) is 14.8 Å². The molecule has 1 aliphatic heterocycles. The third-order valence-electron chi connectivity index (χ3n) is 6.89. The summed E-state index contributed by atoms with van der Waals surface area (Å²) in [4.78, 5) is 26.3. The highest BCUT2D eigenvalue weighted by Crippen LogP contribution is 2.33. The van der Waals surface area contributed by atoms with Crippen LogP contribution in [0.4, 0.5) is 4.79 Å². The molecule has 0 N–H and O–H groups in total. The number of nitriles is 1. The van der Waals surface area contributed by atoms with Gasteiger partial charge in [0, 0.05) is 61.3 Å². The molecule has 214 valence electrons. The van der Waals surface area contributed by atoms with E-state index in [-0.39, 0.29) is 12.1 Å². The number of hydrogen-bond donors (Lipinski definition) is 0. The summed E-state index contributed by atoms with van der Waals surface area (Å²) in [6, 6.07) is 15.5. The Balaban J connectivity index is 2.06. The maximum Gasteiger partial charge on any atom is 0.410 e. The van der Waals surface area contributed by atoms with Crippen molar-refractivity contribution in [3.05, 3.63) is 102 Å². The summed E-state index contributed by atoms with van der Waals surface area (Å²) < 4.78 is 5.63. The number of allylic oxidation sites excluding steroid dienone is 5. The van der Waals surface area contributed by atoms with Crippen LogP contribution in [-0.2, 0) is 4.74 Å². The lowest BCUT2D eigenvalue weighted by atomic mass is 9.89. The van der Waals surface area contributed by atoms with E-state index in [2.05, 4.69) is 49.0 Å². The summed E-state index contributed by atoms with van der Waals surface area (Å²) in [6.07, 6.45) is 5.55. The topological polar surface area (TPSA) is 81.8 Å². The summed E-state index contributed by atoms with van der Waals surface area (Å²) in [5, 5.41) is 9.40. The molecule has 0 aliphatic carbocycles. The van der Waals surface area contributed by atoms with Crippen LogP contribution >= 0.6 is 0 Å². The highest BCUT2D eigenvalue weighted by Gasteiger charge is 2.32. The maximum atomic E-state index is 12.8. The number of rotatable bonds is 8. The van der Waals surface area contributed by atoms with Crippen molar-refractivity contribution in [1.29, 1.82) is 5.26 Å². The number of aliphatic imine (C=N–C) groups is 1. The van der Waals surface area contributed by atoms with Crippen molar-refractivity contribution in [2.75, 3.05) is 19.6 Å². The van der Waals surface area contributed by atoms with Crippen LogP contribution in [0.25, 0.3) is 11.1 Å². The minimum Gasteiger partial charge on any atom is -0.444 e. The normalized spacial score (nSPS) is 17.0. The molecule has 1 aliphatic rings. The Hall–Kier alpha value is -4.44. The van der Waals surface area contributed by atoms with E-state index in [0.29, 0.717) is 31.6 Å². The summed E-state index contributed by atoms with van der Waals surface area (Å²) >= 11 is 0. The SMILES string of the molecule is C=CN=C(CC(=C)c1cccc(C#N)c1)C(/C(=C\C)c1ccccn1)=C(\C)N1CCN(C(=O)OC(C)(C)C)C[C@@H]1C. The summed E-state index contributed by atoms with van der Waals surface area (Å²) in [7, 11) is 0. The first-order chi connectivity index (χ1) is 19.5. The fourth-order valence-electron chi connectivity index (χ4n) is 5.01. The monoisotopic (exact) mass is 551 g/mol. The quantitative estimate of drug-likeness (QED) is 0.255. The van der Waals surface area contributed by atoms with E-state index in [1.165, 1.54) is 0 Å². The van der Waals surface area contributed by atoms with E-state index < -0.39 is 5.60 Å². The Morgan fingerprint density at radius 3 is 2.59 bits per heavy atom. The van der Waals surface area contributed by atoms with Crippen LogP contribution in [0.15, 0.2) is 90.4 Å². The molecule has 1 amide bonds. The van der Waals surface area contributed by atoms with Crippen LogP contribution < -0.4 is 0 Å². The van der Waals surface area contributed by atoms with Gasteiger partial charge in [-0.15, -0.1) is 0 Å². The van der Waals surface area contributed by atoms with Gasteiger partial charge in [0.15, 0.2) is 0 Å². The Morgan fingerprint density at radius 2 is 2.00 bits per heavy atom. The molecule has 1 fully saturated rings. The first-order valence-electron chi connectivity index (χ1n) is 13.9. The van der Waals surface area contributed by atoms with Gasteiger partial charge in [0.25, 0.3) is 0 Å². The van der Waals surface area contributed by atoms with Crippen molar-refractivity contribution in [2.24, 2.45) is 4.99 Å². The van der Waals surface area contributed by atoms with Crippen LogP contribution in [0, 0.1) is 11.3 Å². The molecule has 3 rings (SSSR count). The van der Waals surface area contributed by atoms with Crippen LogP contribution in [-0.4, -0.2) is 57.9 Å². The fraction of sp³-hybridized carbons (Fsp3) is 0.353. The molecule has 0 bridgehead atoms. The van der Waals surface area contributed by atoms with E-state index in [1.807, 2.05) is 64.1 Å². The molecule has 0 unspecified atom stereocenters. The standard InChI is InChI=1S/C34H41N5O2/c1-9-29(30-16-11-12-17-37-30)32(31(36-10-2)20-24(3)28-15-13-14-27(21-28)22-35)26(5)39-19-18-38(23-25(39)4)33(40)41-34(6,7)8/h9-17,21,25H,2-3,18-20,23H2,1,4-8H3/b29-9-,32-26+,36-31?/t25-/m0/s1. The molecule has 1 saturated heterocycles. The van der Waals surface area contributed by atoms with Gasteiger partial charge in [0.2, 0.25) is 0 Å². The zero-order chi connectivity index (χ0) is 30.2. The second-order valence-corrected chi connectivity index (χ2v) is 11.1. The number of ether oxygens (including phenoxy) is 1. The number of aromatic nitrogens is 1. The number of pyridine rings is 1. The molecular formula is C34H41N5O2. The summed E-state index contributed by atoms with van der Waals surface area (Å²) in [6.45, 7) is 21.8. The number of hydrogen-bond acceptors (Lipinski definition) is 6. The van der Waals surface area contributed by atoms with Crippen LogP contribution in [0.1, 0.15) is 64.8 Å². The van der Waals surface area contributed by atoms with Gasteiger partial charge >= 0.3 is 6.09 Å². The molecule has 2 aromatic rings. The van der Waals surface area contributed by atoms with Gasteiger partial charge in [0.1, 0.15) is 5.60 Å². The van der Waals surface area contributed by atoms with Gasteiger partial charge in [-0.25, -0.2) is 4.79 Å². The number of nitrogens with zero attached hydrogens (tertiary/aromatic N) is 5. The maximum absolute atomic E-state index is 12.8. The number of piperazine rings is 1. The van der Waals surface area contributed by atoms with Crippen molar-refractivity contribution in [2.45, 2.75) is 59.6 Å². The average Bonchev–Trinajstić information content (AvgIpc) is 2.94. The third-order valence-corrected chi connectivity index (χ3v) is 6.89. The number of amides is 1. The molecule has 41 heavy (non-hydrogen) atoms. The Bertz CT molecular complexity index is 1410. The molecule has 7 heteroatoms. The number of carbonyl (C=O) groups excluding carboxylic acids is 1. The van der Waals surface area contributed by atoms with Crippen LogP contribution in [0.5, 0.6) is 0 Å². The lowest BCUT2D eigenvalue weighted by Gasteiger charge is -2.42. The fourth-order valence-corrected chi connectivity index (χ4v) is 5.01. The van der Waals surface area contributed by atoms with Crippen molar-refractivity contribution >= 4 is 23.0 Å². The Labute approximate surface area is 244 Å². The van der Waals surface area contributed by atoms with E-state index >= 15 is 0 Å². The highest BCUT2D eigenvalue weighted by atomic mass is 16.6. The zero-order valence-corrected chi connectivity index (χ0v) is 25.1.